The number of hydrogen-bond donors (Lipinski definition) is 0. The summed E-state index contributed by atoms with van der Waals surface area (Å²) in [5.41, 5.74) is 4.01. The van der Waals surface area contributed by atoms with E-state index in [1.165, 1.54) is 21.6 Å². The number of nitriles is 1. The minimum Gasteiger partial charge on any atom is -0.198 e. The lowest BCUT2D eigenvalue weighted by Gasteiger charge is -2.26. The second-order valence-electron chi connectivity index (χ2n) is 3.36. The van der Waals surface area contributed by atoms with E-state index in [-0.39, 0.29) is 5.92 Å². The van der Waals surface area contributed by atoms with E-state index in [9.17, 15) is 0 Å². The first-order chi connectivity index (χ1) is 6.40. The van der Waals surface area contributed by atoms with Crippen molar-refractivity contribution in [1.82, 2.24) is 0 Å². The fourth-order valence-corrected chi connectivity index (χ4v) is 2.91. The van der Waals surface area contributed by atoms with Crippen LogP contribution in [-0.4, -0.2) is 0 Å². The summed E-state index contributed by atoms with van der Waals surface area (Å²) in [5, 5.41) is 11.1. The molecule has 0 radical (unpaired) electrons. The summed E-state index contributed by atoms with van der Waals surface area (Å²) in [5.74, 6) is 0.0960. The Bertz CT molecular complexity index is 471. The molecule has 0 amide bonds. The van der Waals surface area contributed by atoms with Gasteiger partial charge in [-0.1, -0.05) is 12.2 Å². The Morgan fingerprint density at radius 1 is 1.46 bits per heavy atom. The molecular weight excluding hydrogens is 178 g/mol. The number of thiophene rings is 1. The van der Waals surface area contributed by atoms with Crippen molar-refractivity contribution in [2.75, 3.05) is 0 Å². The van der Waals surface area contributed by atoms with Crippen LogP contribution in [0, 0.1) is 11.3 Å². The molecule has 0 N–H and O–H groups in total. The maximum Gasteiger partial charge on any atom is 0.0852 e. The summed E-state index contributed by atoms with van der Waals surface area (Å²) in [7, 11) is 0. The van der Waals surface area contributed by atoms with Crippen molar-refractivity contribution < 1.29 is 0 Å². The third-order valence-electron chi connectivity index (χ3n) is 2.68. The molecule has 2 aliphatic rings. The van der Waals surface area contributed by atoms with Gasteiger partial charge in [0, 0.05) is 4.88 Å². The topological polar surface area (TPSA) is 23.8 Å². The minimum absolute atomic E-state index is 0.0960. The SMILES string of the molecule is N#CC1CC2=CC=C2c2ccsc21. The molecule has 0 aliphatic heterocycles. The van der Waals surface area contributed by atoms with E-state index in [2.05, 4.69) is 29.7 Å². The highest BCUT2D eigenvalue weighted by Crippen LogP contribution is 2.47. The molecule has 0 bridgehead atoms. The molecule has 2 aliphatic carbocycles. The molecule has 2 heteroatoms. The molecule has 0 spiro atoms. The van der Waals surface area contributed by atoms with Gasteiger partial charge in [0.25, 0.3) is 0 Å². The first kappa shape index (κ1) is 7.11. The Morgan fingerprint density at radius 3 is 3.08 bits per heavy atom. The van der Waals surface area contributed by atoms with Crippen LogP contribution in [0.2, 0.25) is 0 Å². The molecule has 1 aromatic rings. The Balaban J connectivity index is 2.20. The van der Waals surface area contributed by atoms with Gasteiger partial charge in [-0.2, -0.15) is 5.26 Å². The highest BCUT2D eigenvalue weighted by molar-refractivity contribution is 7.10. The zero-order valence-corrected chi connectivity index (χ0v) is 7.77. The highest BCUT2D eigenvalue weighted by Gasteiger charge is 2.29. The molecule has 1 nitrogen and oxygen atoms in total. The molecule has 1 unspecified atom stereocenters. The van der Waals surface area contributed by atoms with Crippen molar-refractivity contribution in [1.29, 1.82) is 5.26 Å². The van der Waals surface area contributed by atoms with E-state index >= 15 is 0 Å². The van der Waals surface area contributed by atoms with Crippen LogP contribution in [0.4, 0.5) is 0 Å². The predicted molar refractivity (Wildman–Crippen MR) is 53.4 cm³/mol. The summed E-state index contributed by atoms with van der Waals surface area (Å²) < 4.78 is 0. The second-order valence-corrected chi connectivity index (χ2v) is 4.30. The smallest absolute Gasteiger partial charge is 0.0852 e. The highest BCUT2D eigenvalue weighted by atomic mass is 32.1. The van der Waals surface area contributed by atoms with Gasteiger partial charge < -0.3 is 0 Å². The number of rotatable bonds is 0. The number of nitrogens with zero attached hydrogens (tertiary/aromatic N) is 1. The van der Waals surface area contributed by atoms with E-state index in [4.69, 9.17) is 5.26 Å². The van der Waals surface area contributed by atoms with E-state index in [1.807, 2.05) is 0 Å². The van der Waals surface area contributed by atoms with E-state index in [0.717, 1.165) is 6.42 Å². The fourth-order valence-electron chi connectivity index (χ4n) is 1.96. The molecule has 1 heterocycles. The van der Waals surface area contributed by atoms with Crippen LogP contribution >= 0.6 is 11.3 Å². The quantitative estimate of drug-likeness (QED) is 0.609. The summed E-state index contributed by atoms with van der Waals surface area (Å²) in [4.78, 5) is 1.26. The lowest BCUT2D eigenvalue weighted by molar-refractivity contribution is 0.847. The van der Waals surface area contributed by atoms with Crippen LogP contribution in [0.1, 0.15) is 22.8 Å². The van der Waals surface area contributed by atoms with Gasteiger partial charge in [0.1, 0.15) is 0 Å². The van der Waals surface area contributed by atoms with E-state index in [1.54, 1.807) is 11.3 Å². The molecule has 0 saturated heterocycles. The predicted octanol–water partition coefficient (Wildman–Crippen LogP) is 3.08. The van der Waals surface area contributed by atoms with Gasteiger partial charge in [0.05, 0.1) is 12.0 Å². The maximum atomic E-state index is 8.99. The Kier molecular flexibility index (Phi) is 1.28. The largest absolute Gasteiger partial charge is 0.198 e. The van der Waals surface area contributed by atoms with Gasteiger partial charge in [-0.3, -0.25) is 0 Å². The average Bonchev–Trinajstić information content (AvgIpc) is 2.53. The van der Waals surface area contributed by atoms with Crippen LogP contribution < -0.4 is 0 Å². The van der Waals surface area contributed by atoms with Crippen molar-refractivity contribution >= 4 is 16.9 Å². The van der Waals surface area contributed by atoms with Gasteiger partial charge >= 0.3 is 0 Å². The van der Waals surface area contributed by atoms with Gasteiger partial charge in [-0.15, -0.1) is 11.3 Å². The van der Waals surface area contributed by atoms with Gasteiger partial charge in [-0.05, 0) is 34.6 Å². The van der Waals surface area contributed by atoms with Crippen molar-refractivity contribution in [3.63, 3.8) is 0 Å². The lowest BCUT2D eigenvalue weighted by Crippen LogP contribution is -2.10. The summed E-state index contributed by atoms with van der Waals surface area (Å²) in [6.45, 7) is 0. The summed E-state index contributed by atoms with van der Waals surface area (Å²) in [6.07, 6.45) is 5.19. The molecular formula is C11H7NS. The number of allylic oxidation sites excluding steroid dienone is 4. The first-order valence-corrected chi connectivity index (χ1v) is 5.16. The van der Waals surface area contributed by atoms with Gasteiger partial charge in [0.2, 0.25) is 0 Å². The third kappa shape index (κ3) is 0.800. The minimum atomic E-state index is 0.0960. The molecule has 13 heavy (non-hydrogen) atoms. The number of hydrogen-bond acceptors (Lipinski definition) is 2. The number of fused-ring (bicyclic) bond motifs is 3. The zero-order valence-electron chi connectivity index (χ0n) is 6.95. The van der Waals surface area contributed by atoms with Crippen molar-refractivity contribution in [3.05, 3.63) is 39.6 Å². The summed E-state index contributed by atoms with van der Waals surface area (Å²) in [6, 6.07) is 4.50. The molecule has 62 valence electrons. The van der Waals surface area contributed by atoms with Crippen LogP contribution in [0.25, 0.3) is 5.57 Å². The molecule has 3 rings (SSSR count). The Hall–Kier alpha value is -1.33. The van der Waals surface area contributed by atoms with Crippen molar-refractivity contribution in [3.8, 4) is 6.07 Å². The molecule has 0 saturated carbocycles. The monoisotopic (exact) mass is 185 g/mol. The van der Waals surface area contributed by atoms with Crippen LogP contribution in [0.15, 0.2) is 29.2 Å². The Labute approximate surface area is 80.6 Å². The summed E-state index contributed by atoms with van der Waals surface area (Å²) >= 11 is 1.71. The zero-order chi connectivity index (χ0) is 8.84. The fraction of sp³-hybridized carbons (Fsp3) is 0.182. The van der Waals surface area contributed by atoms with Crippen molar-refractivity contribution in [2.45, 2.75) is 12.3 Å². The molecule has 0 fully saturated rings. The van der Waals surface area contributed by atoms with E-state index < -0.39 is 0 Å². The first-order valence-electron chi connectivity index (χ1n) is 4.29. The average molecular weight is 185 g/mol. The molecule has 1 aromatic heterocycles. The third-order valence-corrected chi connectivity index (χ3v) is 3.71. The van der Waals surface area contributed by atoms with E-state index in [0.29, 0.717) is 0 Å². The van der Waals surface area contributed by atoms with Crippen LogP contribution in [0.5, 0.6) is 0 Å². The Morgan fingerprint density at radius 2 is 2.38 bits per heavy atom. The van der Waals surface area contributed by atoms with Crippen LogP contribution in [-0.2, 0) is 0 Å². The molecule has 1 atom stereocenters. The second kappa shape index (κ2) is 2.34. The lowest BCUT2D eigenvalue weighted by atomic mass is 9.78. The standard InChI is InChI=1S/C11H7NS/c12-6-8-5-7-1-2-9(7)10-3-4-13-11(8)10/h1-4,8H,5H2. The van der Waals surface area contributed by atoms with Crippen molar-refractivity contribution in [2.24, 2.45) is 0 Å². The van der Waals surface area contributed by atoms with Gasteiger partial charge in [-0.25, -0.2) is 0 Å². The molecule has 0 aromatic carbocycles. The normalized spacial score (nSPS) is 23.2. The maximum absolute atomic E-state index is 8.99. The van der Waals surface area contributed by atoms with Crippen LogP contribution in [0.3, 0.4) is 0 Å². The van der Waals surface area contributed by atoms with Gasteiger partial charge in [0.15, 0.2) is 0 Å².